The normalized spacial score (nSPS) is 19.9. The van der Waals surface area contributed by atoms with Crippen LogP contribution in [0.15, 0.2) is 11.2 Å². The van der Waals surface area contributed by atoms with Gasteiger partial charge in [0.1, 0.15) is 5.01 Å². The molecule has 1 fully saturated rings. The first-order valence-electron chi connectivity index (χ1n) is 7.37. The molecule has 0 amide bonds. The van der Waals surface area contributed by atoms with Crippen LogP contribution in [0.3, 0.4) is 0 Å². The second kappa shape index (κ2) is 6.57. The fraction of sp³-hybridized carbons (Fsp3) is 0.733. The molecule has 2 N–H and O–H groups in total. The predicted octanol–water partition coefficient (Wildman–Crippen LogP) is 3.09. The van der Waals surface area contributed by atoms with Crippen LogP contribution in [0.25, 0.3) is 0 Å². The van der Waals surface area contributed by atoms with Gasteiger partial charge in [-0.2, -0.15) is 0 Å². The van der Waals surface area contributed by atoms with E-state index in [9.17, 15) is 0 Å². The summed E-state index contributed by atoms with van der Waals surface area (Å²) < 4.78 is 0. The minimum Gasteiger partial charge on any atom is -0.354 e. The smallest absolute Gasteiger partial charge is 0.191 e. The van der Waals surface area contributed by atoms with E-state index in [1.165, 1.54) is 30.6 Å². The number of guanidine groups is 1. The molecule has 0 aromatic carbocycles. The number of aliphatic imine (C=N–C) groups is 1. The van der Waals surface area contributed by atoms with Crippen molar-refractivity contribution in [1.82, 2.24) is 15.6 Å². The number of aromatic nitrogens is 1. The second-order valence-electron chi connectivity index (χ2n) is 6.37. The minimum atomic E-state index is 0.507. The molecule has 2 rings (SSSR count). The summed E-state index contributed by atoms with van der Waals surface area (Å²) in [6.45, 7) is 7.55. The Morgan fingerprint density at radius 2 is 2.15 bits per heavy atom. The standard InChI is InChI=1S/C15H26N4S/c1-11-9-17-13(20-11)10-18-14(16-4)19-12-5-7-15(2,3)8-6-12/h9,12H,5-8,10H2,1-4H3,(H2,16,18,19). The molecule has 112 valence electrons. The summed E-state index contributed by atoms with van der Waals surface area (Å²) >= 11 is 1.73. The Hall–Kier alpha value is -1.10. The third-order valence-electron chi connectivity index (χ3n) is 3.98. The van der Waals surface area contributed by atoms with E-state index in [2.05, 4.69) is 41.4 Å². The van der Waals surface area contributed by atoms with Crippen molar-refractivity contribution < 1.29 is 0 Å². The van der Waals surface area contributed by atoms with Gasteiger partial charge < -0.3 is 10.6 Å². The van der Waals surface area contributed by atoms with Crippen molar-refractivity contribution in [3.8, 4) is 0 Å². The van der Waals surface area contributed by atoms with Crippen molar-refractivity contribution in [2.24, 2.45) is 10.4 Å². The summed E-state index contributed by atoms with van der Waals surface area (Å²) in [5.41, 5.74) is 0.507. The molecule has 4 nitrogen and oxygen atoms in total. The van der Waals surface area contributed by atoms with Crippen LogP contribution < -0.4 is 10.6 Å². The first kappa shape index (κ1) is 15.3. The van der Waals surface area contributed by atoms with Crippen LogP contribution in [-0.4, -0.2) is 24.0 Å². The molecule has 0 atom stereocenters. The molecule has 0 radical (unpaired) electrons. The maximum Gasteiger partial charge on any atom is 0.191 e. The van der Waals surface area contributed by atoms with Gasteiger partial charge in [0.05, 0.1) is 6.54 Å². The Balaban J connectivity index is 1.78. The largest absolute Gasteiger partial charge is 0.354 e. The number of hydrogen-bond acceptors (Lipinski definition) is 3. The summed E-state index contributed by atoms with van der Waals surface area (Å²) in [4.78, 5) is 9.92. The summed E-state index contributed by atoms with van der Waals surface area (Å²) in [6.07, 6.45) is 6.94. The molecular formula is C15H26N4S. The zero-order valence-electron chi connectivity index (χ0n) is 13.0. The van der Waals surface area contributed by atoms with Crippen LogP contribution in [-0.2, 0) is 6.54 Å². The average Bonchev–Trinajstić information content (AvgIpc) is 2.82. The molecule has 5 heteroatoms. The van der Waals surface area contributed by atoms with E-state index >= 15 is 0 Å². The summed E-state index contributed by atoms with van der Waals surface area (Å²) in [7, 11) is 1.83. The average molecular weight is 294 g/mol. The van der Waals surface area contributed by atoms with Crippen molar-refractivity contribution in [3.63, 3.8) is 0 Å². The Morgan fingerprint density at radius 3 is 2.70 bits per heavy atom. The summed E-state index contributed by atoms with van der Waals surface area (Å²) in [5.74, 6) is 0.891. The van der Waals surface area contributed by atoms with Gasteiger partial charge in [-0.3, -0.25) is 4.99 Å². The van der Waals surface area contributed by atoms with Crippen molar-refractivity contribution in [3.05, 3.63) is 16.1 Å². The highest BCUT2D eigenvalue weighted by Crippen LogP contribution is 2.34. The van der Waals surface area contributed by atoms with Crippen LogP contribution in [0.4, 0.5) is 0 Å². The van der Waals surface area contributed by atoms with Gasteiger partial charge in [-0.05, 0) is 38.0 Å². The highest BCUT2D eigenvalue weighted by Gasteiger charge is 2.27. The second-order valence-corrected chi connectivity index (χ2v) is 7.69. The number of thiazole rings is 1. The Bertz CT molecular complexity index is 454. The topological polar surface area (TPSA) is 49.3 Å². The Morgan fingerprint density at radius 1 is 1.45 bits per heavy atom. The summed E-state index contributed by atoms with van der Waals surface area (Å²) in [5, 5.41) is 8.00. The van der Waals surface area contributed by atoms with Gasteiger partial charge in [0.15, 0.2) is 5.96 Å². The molecule has 0 aliphatic heterocycles. The molecule has 1 aromatic rings. The molecule has 0 unspecified atom stereocenters. The monoisotopic (exact) mass is 294 g/mol. The van der Waals surface area contributed by atoms with Gasteiger partial charge in [-0.15, -0.1) is 11.3 Å². The zero-order valence-corrected chi connectivity index (χ0v) is 13.8. The van der Waals surface area contributed by atoms with Crippen LogP contribution >= 0.6 is 11.3 Å². The first-order chi connectivity index (χ1) is 9.48. The molecule has 1 aliphatic rings. The Labute approximate surface area is 126 Å². The minimum absolute atomic E-state index is 0.507. The lowest BCUT2D eigenvalue weighted by molar-refractivity contribution is 0.216. The van der Waals surface area contributed by atoms with Crippen molar-refractivity contribution in [2.45, 2.75) is 59.0 Å². The molecule has 1 aliphatic carbocycles. The molecule has 0 spiro atoms. The van der Waals surface area contributed by atoms with Gasteiger partial charge in [-0.1, -0.05) is 13.8 Å². The van der Waals surface area contributed by atoms with E-state index in [1.54, 1.807) is 11.3 Å². The number of hydrogen-bond donors (Lipinski definition) is 2. The molecule has 1 saturated carbocycles. The first-order valence-corrected chi connectivity index (χ1v) is 8.19. The molecule has 1 aromatic heterocycles. The van der Waals surface area contributed by atoms with Gasteiger partial charge in [0.25, 0.3) is 0 Å². The fourth-order valence-electron chi connectivity index (χ4n) is 2.57. The number of rotatable bonds is 3. The highest BCUT2D eigenvalue weighted by molar-refractivity contribution is 7.11. The van der Waals surface area contributed by atoms with E-state index in [-0.39, 0.29) is 0 Å². The van der Waals surface area contributed by atoms with Crippen LogP contribution in [0, 0.1) is 12.3 Å². The fourth-order valence-corrected chi connectivity index (χ4v) is 3.30. The van der Waals surface area contributed by atoms with Crippen molar-refractivity contribution in [2.75, 3.05) is 7.05 Å². The lowest BCUT2D eigenvalue weighted by Crippen LogP contribution is -2.45. The summed E-state index contributed by atoms with van der Waals surface area (Å²) in [6, 6.07) is 0.548. The predicted molar refractivity (Wildman–Crippen MR) is 86.2 cm³/mol. The maximum absolute atomic E-state index is 4.36. The van der Waals surface area contributed by atoms with Crippen LogP contribution in [0.2, 0.25) is 0 Å². The van der Waals surface area contributed by atoms with E-state index in [1.807, 2.05) is 13.2 Å². The SMILES string of the molecule is CN=C(NCc1ncc(C)s1)NC1CCC(C)(C)CC1. The van der Waals surface area contributed by atoms with E-state index < -0.39 is 0 Å². The van der Waals surface area contributed by atoms with Gasteiger partial charge in [0, 0.05) is 24.2 Å². The molecule has 0 bridgehead atoms. The number of nitrogens with zero attached hydrogens (tertiary/aromatic N) is 2. The number of aryl methyl sites for hydroxylation is 1. The zero-order chi connectivity index (χ0) is 14.6. The van der Waals surface area contributed by atoms with Gasteiger partial charge >= 0.3 is 0 Å². The molecule has 20 heavy (non-hydrogen) atoms. The van der Waals surface area contributed by atoms with Gasteiger partial charge in [-0.25, -0.2) is 4.98 Å². The lowest BCUT2D eigenvalue weighted by Gasteiger charge is -2.35. The van der Waals surface area contributed by atoms with Crippen molar-refractivity contribution >= 4 is 17.3 Å². The molecular weight excluding hydrogens is 268 g/mol. The van der Waals surface area contributed by atoms with E-state index in [0.29, 0.717) is 11.5 Å². The maximum atomic E-state index is 4.36. The van der Waals surface area contributed by atoms with Crippen LogP contribution in [0.1, 0.15) is 49.4 Å². The molecule has 1 heterocycles. The quantitative estimate of drug-likeness (QED) is 0.665. The van der Waals surface area contributed by atoms with Crippen molar-refractivity contribution in [1.29, 1.82) is 0 Å². The van der Waals surface area contributed by atoms with E-state index in [4.69, 9.17) is 0 Å². The number of nitrogens with one attached hydrogen (secondary N) is 2. The Kier molecular flexibility index (Phi) is 5.02. The lowest BCUT2D eigenvalue weighted by atomic mass is 9.75. The van der Waals surface area contributed by atoms with Gasteiger partial charge in [0.2, 0.25) is 0 Å². The van der Waals surface area contributed by atoms with E-state index in [0.717, 1.165) is 17.5 Å². The highest BCUT2D eigenvalue weighted by atomic mass is 32.1. The van der Waals surface area contributed by atoms with Crippen LogP contribution in [0.5, 0.6) is 0 Å². The third-order valence-corrected chi connectivity index (χ3v) is 4.89. The third kappa shape index (κ3) is 4.47. The molecule has 0 saturated heterocycles.